The van der Waals surface area contributed by atoms with Gasteiger partial charge in [-0.05, 0) is 38.1 Å². The fourth-order valence-electron chi connectivity index (χ4n) is 1.69. The molecule has 1 aromatic carbocycles. The van der Waals surface area contributed by atoms with E-state index in [4.69, 9.17) is 20.9 Å². The molecule has 0 spiro atoms. The predicted octanol–water partition coefficient (Wildman–Crippen LogP) is 2.16. The first-order valence-corrected chi connectivity index (χ1v) is 7.24. The van der Waals surface area contributed by atoms with Crippen LogP contribution in [-0.4, -0.2) is 29.6 Å². The SMILES string of the molecule is Cc1cc(NC(=O)[C@@H](C)NC(=O)COc2ccc(Cl)cc2)no1. The Kier molecular flexibility index (Phi) is 5.59. The fraction of sp³-hybridized carbons (Fsp3) is 0.267. The molecule has 0 saturated heterocycles. The smallest absolute Gasteiger partial charge is 0.258 e. The lowest BCUT2D eigenvalue weighted by Crippen LogP contribution is -2.43. The van der Waals surface area contributed by atoms with Crippen LogP contribution in [-0.2, 0) is 9.59 Å². The normalized spacial score (nSPS) is 11.6. The molecule has 0 saturated carbocycles. The zero-order chi connectivity index (χ0) is 16.8. The summed E-state index contributed by atoms with van der Waals surface area (Å²) in [4.78, 5) is 23.7. The van der Waals surface area contributed by atoms with Gasteiger partial charge in [-0.2, -0.15) is 0 Å². The second kappa shape index (κ2) is 7.64. The van der Waals surface area contributed by atoms with Crippen LogP contribution in [0.4, 0.5) is 5.82 Å². The number of amides is 2. The molecule has 0 unspecified atom stereocenters. The van der Waals surface area contributed by atoms with E-state index in [1.165, 1.54) is 0 Å². The zero-order valence-electron chi connectivity index (χ0n) is 12.6. The van der Waals surface area contributed by atoms with Crippen molar-refractivity contribution in [1.82, 2.24) is 10.5 Å². The van der Waals surface area contributed by atoms with Crippen LogP contribution >= 0.6 is 11.6 Å². The van der Waals surface area contributed by atoms with E-state index < -0.39 is 17.9 Å². The van der Waals surface area contributed by atoms with Gasteiger partial charge in [0.15, 0.2) is 12.4 Å². The molecule has 1 heterocycles. The highest BCUT2D eigenvalue weighted by atomic mass is 35.5. The molecule has 23 heavy (non-hydrogen) atoms. The number of nitrogens with one attached hydrogen (secondary N) is 2. The lowest BCUT2D eigenvalue weighted by molar-refractivity contribution is -0.127. The number of ether oxygens (including phenoxy) is 1. The molecule has 1 aromatic heterocycles. The van der Waals surface area contributed by atoms with Crippen molar-refractivity contribution in [2.24, 2.45) is 0 Å². The van der Waals surface area contributed by atoms with Crippen molar-refractivity contribution in [2.75, 3.05) is 11.9 Å². The highest BCUT2D eigenvalue weighted by molar-refractivity contribution is 6.30. The maximum absolute atomic E-state index is 11.9. The molecular formula is C15H16ClN3O4. The summed E-state index contributed by atoms with van der Waals surface area (Å²) >= 11 is 5.75. The van der Waals surface area contributed by atoms with Gasteiger partial charge in [-0.25, -0.2) is 0 Å². The molecule has 2 amide bonds. The van der Waals surface area contributed by atoms with E-state index in [1.807, 2.05) is 0 Å². The minimum atomic E-state index is -0.742. The van der Waals surface area contributed by atoms with Crippen molar-refractivity contribution in [1.29, 1.82) is 0 Å². The van der Waals surface area contributed by atoms with E-state index in [-0.39, 0.29) is 6.61 Å². The Bertz CT molecular complexity index is 684. The van der Waals surface area contributed by atoms with Gasteiger partial charge in [0.05, 0.1) is 0 Å². The highest BCUT2D eigenvalue weighted by Crippen LogP contribution is 2.15. The van der Waals surface area contributed by atoms with Gasteiger partial charge in [0.25, 0.3) is 5.91 Å². The Morgan fingerprint density at radius 1 is 1.35 bits per heavy atom. The number of benzene rings is 1. The average molecular weight is 338 g/mol. The number of aryl methyl sites for hydroxylation is 1. The van der Waals surface area contributed by atoms with Gasteiger partial charge in [0, 0.05) is 11.1 Å². The molecule has 122 valence electrons. The first-order chi connectivity index (χ1) is 10.9. The third-order valence-electron chi connectivity index (χ3n) is 2.83. The van der Waals surface area contributed by atoms with E-state index in [9.17, 15) is 9.59 Å². The summed E-state index contributed by atoms with van der Waals surface area (Å²) in [6, 6.07) is 7.46. The summed E-state index contributed by atoms with van der Waals surface area (Å²) in [5, 5.41) is 9.29. The fourth-order valence-corrected chi connectivity index (χ4v) is 1.81. The number of hydrogen-bond acceptors (Lipinski definition) is 5. The van der Waals surface area contributed by atoms with Gasteiger partial charge < -0.3 is 19.9 Å². The van der Waals surface area contributed by atoms with Crippen LogP contribution in [0.1, 0.15) is 12.7 Å². The van der Waals surface area contributed by atoms with Crippen LogP contribution < -0.4 is 15.4 Å². The number of halogens is 1. The van der Waals surface area contributed by atoms with E-state index in [1.54, 1.807) is 44.2 Å². The third-order valence-corrected chi connectivity index (χ3v) is 3.09. The quantitative estimate of drug-likeness (QED) is 0.842. The lowest BCUT2D eigenvalue weighted by Gasteiger charge is -2.13. The molecule has 1 atom stereocenters. The Hall–Kier alpha value is -2.54. The van der Waals surface area contributed by atoms with E-state index in [0.717, 1.165) is 0 Å². The monoisotopic (exact) mass is 337 g/mol. The number of hydrogen-bond donors (Lipinski definition) is 2. The minimum absolute atomic E-state index is 0.206. The van der Waals surface area contributed by atoms with Crippen molar-refractivity contribution < 1.29 is 18.8 Å². The molecule has 8 heteroatoms. The van der Waals surface area contributed by atoms with Crippen LogP contribution in [0.2, 0.25) is 5.02 Å². The Morgan fingerprint density at radius 3 is 2.65 bits per heavy atom. The molecule has 0 bridgehead atoms. The summed E-state index contributed by atoms with van der Waals surface area (Å²) in [6.07, 6.45) is 0. The maximum atomic E-state index is 11.9. The standard InChI is InChI=1S/C15H16ClN3O4/c1-9-7-13(19-23-9)18-15(21)10(2)17-14(20)8-22-12-5-3-11(16)4-6-12/h3-7,10H,8H2,1-2H3,(H,17,20)(H,18,19,21)/t10-/m1/s1. The van der Waals surface area contributed by atoms with E-state index in [0.29, 0.717) is 22.4 Å². The highest BCUT2D eigenvalue weighted by Gasteiger charge is 2.17. The van der Waals surface area contributed by atoms with Crippen LogP contribution in [0, 0.1) is 6.92 Å². The van der Waals surface area contributed by atoms with E-state index in [2.05, 4.69) is 15.8 Å². The van der Waals surface area contributed by atoms with Gasteiger partial charge in [0.1, 0.15) is 17.6 Å². The third kappa shape index (κ3) is 5.30. The summed E-state index contributed by atoms with van der Waals surface area (Å²) in [5.74, 6) is 0.566. The molecule has 7 nitrogen and oxygen atoms in total. The molecule has 2 aromatic rings. The van der Waals surface area contributed by atoms with Gasteiger partial charge in [-0.15, -0.1) is 0 Å². The van der Waals surface area contributed by atoms with Crippen molar-refractivity contribution in [3.8, 4) is 5.75 Å². The minimum Gasteiger partial charge on any atom is -0.484 e. The number of aromatic nitrogens is 1. The molecule has 0 aliphatic carbocycles. The predicted molar refractivity (Wildman–Crippen MR) is 84.4 cm³/mol. The van der Waals surface area contributed by atoms with Gasteiger partial charge in [0.2, 0.25) is 5.91 Å². The summed E-state index contributed by atoms with van der Waals surface area (Å²) in [6.45, 7) is 3.06. The molecule has 0 aliphatic rings. The number of carbonyl (C=O) groups excluding carboxylic acids is 2. The Balaban J connectivity index is 1.77. The van der Waals surface area contributed by atoms with Gasteiger partial charge in [-0.3, -0.25) is 9.59 Å². The Labute approximate surface area is 137 Å². The zero-order valence-corrected chi connectivity index (χ0v) is 13.4. The van der Waals surface area contributed by atoms with Crippen molar-refractivity contribution in [3.05, 3.63) is 41.1 Å². The molecule has 0 fully saturated rings. The number of carbonyl (C=O) groups is 2. The molecule has 0 radical (unpaired) electrons. The van der Waals surface area contributed by atoms with Gasteiger partial charge in [-0.1, -0.05) is 16.8 Å². The van der Waals surface area contributed by atoms with Crippen molar-refractivity contribution in [3.63, 3.8) is 0 Å². The van der Waals surface area contributed by atoms with E-state index >= 15 is 0 Å². The summed E-state index contributed by atoms with van der Waals surface area (Å²) < 4.78 is 10.1. The first-order valence-electron chi connectivity index (χ1n) is 6.86. The largest absolute Gasteiger partial charge is 0.484 e. The number of rotatable bonds is 6. The van der Waals surface area contributed by atoms with Crippen LogP contribution in [0.15, 0.2) is 34.9 Å². The van der Waals surface area contributed by atoms with Crippen LogP contribution in [0.5, 0.6) is 5.75 Å². The second-order valence-corrected chi connectivity index (χ2v) is 5.28. The summed E-state index contributed by atoms with van der Waals surface area (Å²) in [7, 11) is 0. The van der Waals surface area contributed by atoms with Crippen LogP contribution in [0.3, 0.4) is 0 Å². The topological polar surface area (TPSA) is 93.5 Å². The first kappa shape index (κ1) is 16.8. The summed E-state index contributed by atoms with van der Waals surface area (Å²) in [5.41, 5.74) is 0. The molecular weight excluding hydrogens is 322 g/mol. The number of anilines is 1. The second-order valence-electron chi connectivity index (χ2n) is 4.84. The van der Waals surface area contributed by atoms with Crippen molar-refractivity contribution >= 4 is 29.2 Å². The Morgan fingerprint density at radius 2 is 2.04 bits per heavy atom. The van der Waals surface area contributed by atoms with Crippen LogP contribution in [0.25, 0.3) is 0 Å². The molecule has 0 aliphatic heterocycles. The van der Waals surface area contributed by atoms with Crippen molar-refractivity contribution in [2.45, 2.75) is 19.9 Å². The average Bonchev–Trinajstić information content (AvgIpc) is 2.91. The molecule has 2 N–H and O–H groups in total. The number of nitrogens with zero attached hydrogens (tertiary/aromatic N) is 1. The maximum Gasteiger partial charge on any atom is 0.258 e. The molecule has 2 rings (SSSR count). The lowest BCUT2D eigenvalue weighted by atomic mass is 10.3. The van der Waals surface area contributed by atoms with Gasteiger partial charge >= 0.3 is 0 Å².